The van der Waals surface area contributed by atoms with E-state index < -0.39 is 5.82 Å². The van der Waals surface area contributed by atoms with Crippen molar-refractivity contribution in [3.63, 3.8) is 0 Å². The fraction of sp³-hybridized carbons (Fsp3) is 0.375. The average Bonchev–Trinajstić information content (AvgIpc) is 3.28. The Morgan fingerprint density at radius 3 is 2.59 bits per heavy atom. The van der Waals surface area contributed by atoms with Crippen LogP contribution in [0.3, 0.4) is 0 Å². The number of hydrogen-bond donors (Lipinski definition) is 0. The monoisotopic (exact) mass is 435 g/mol. The molecule has 1 aliphatic rings. The van der Waals surface area contributed by atoms with Gasteiger partial charge in [-0.25, -0.2) is 4.39 Å². The maximum atomic E-state index is 13.9. The molecular formula is C24H26FN5O2. The van der Waals surface area contributed by atoms with Gasteiger partial charge in [0.25, 0.3) is 0 Å². The first-order valence-corrected chi connectivity index (χ1v) is 10.9. The molecule has 2 aromatic carbocycles. The van der Waals surface area contributed by atoms with Crippen LogP contribution in [-0.2, 0) is 6.54 Å². The second kappa shape index (κ2) is 10.2. The summed E-state index contributed by atoms with van der Waals surface area (Å²) in [6.45, 7) is 6.29. The predicted octanol–water partition coefficient (Wildman–Crippen LogP) is 4.25. The Morgan fingerprint density at radius 1 is 1.09 bits per heavy atom. The van der Waals surface area contributed by atoms with Crippen LogP contribution in [-0.4, -0.2) is 47.9 Å². The molecule has 0 N–H and O–H groups in total. The molecule has 0 bridgehead atoms. The number of nitrogens with zero attached hydrogens (tertiary/aromatic N) is 5. The van der Waals surface area contributed by atoms with Crippen LogP contribution in [0.5, 0.6) is 5.75 Å². The Kier molecular flexibility index (Phi) is 6.97. The van der Waals surface area contributed by atoms with Crippen molar-refractivity contribution in [3.8, 4) is 23.3 Å². The molecule has 1 saturated heterocycles. The van der Waals surface area contributed by atoms with Crippen LogP contribution in [0.25, 0.3) is 11.5 Å². The van der Waals surface area contributed by atoms with Crippen LogP contribution in [0.4, 0.5) is 10.1 Å². The van der Waals surface area contributed by atoms with E-state index in [9.17, 15) is 9.65 Å². The molecule has 0 radical (unpaired) electrons. The van der Waals surface area contributed by atoms with Crippen molar-refractivity contribution < 1.29 is 13.5 Å². The van der Waals surface area contributed by atoms with Crippen molar-refractivity contribution in [2.24, 2.45) is 0 Å². The fourth-order valence-electron chi connectivity index (χ4n) is 3.69. The summed E-state index contributed by atoms with van der Waals surface area (Å²) in [5.41, 5.74) is 1.60. The second-order valence-corrected chi connectivity index (χ2v) is 7.74. The number of rotatable bonds is 8. The molecule has 3 aromatic rings. The highest BCUT2D eigenvalue weighted by Gasteiger charge is 2.22. The molecule has 2 heterocycles. The van der Waals surface area contributed by atoms with E-state index in [2.05, 4.69) is 22.0 Å². The van der Waals surface area contributed by atoms with Crippen LogP contribution in [0.15, 0.2) is 46.9 Å². The van der Waals surface area contributed by atoms with E-state index in [0.717, 1.165) is 37.2 Å². The number of unbranched alkanes of at least 4 members (excludes halogenated alkanes) is 1. The van der Waals surface area contributed by atoms with Gasteiger partial charge in [0.15, 0.2) is 0 Å². The maximum Gasteiger partial charge on any atom is 0.247 e. The molecule has 4 rings (SSSR count). The quantitative estimate of drug-likeness (QED) is 0.490. The molecule has 1 aromatic heterocycles. The van der Waals surface area contributed by atoms with Crippen molar-refractivity contribution in [2.75, 3.05) is 37.7 Å². The summed E-state index contributed by atoms with van der Waals surface area (Å²) in [5, 5.41) is 17.6. The summed E-state index contributed by atoms with van der Waals surface area (Å²) >= 11 is 0. The van der Waals surface area contributed by atoms with Crippen molar-refractivity contribution in [1.82, 2.24) is 15.1 Å². The van der Waals surface area contributed by atoms with Gasteiger partial charge >= 0.3 is 0 Å². The predicted molar refractivity (Wildman–Crippen MR) is 119 cm³/mol. The number of nitriles is 1. The molecule has 0 spiro atoms. The van der Waals surface area contributed by atoms with E-state index in [1.165, 1.54) is 6.07 Å². The number of ether oxygens (including phenoxy) is 1. The standard InChI is InChI=1S/C24H26FN5O2/c1-2-3-15-31-19-9-7-18(8-10-19)24-28-27-23(32-24)17-29-11-13-30(14-12-29)22-6-4-5-21(25)20(22)16-26/h4-10H,2-3,11-15,17H2,1H3. The Hall–Kier alpha value is -3.44. The van der Waals surface area contributed by atoms with Gasteiger partial charge in [-0.3, -0.25) is 4.90 Å². The van der Waals surface area contributed by atoms with Crippen molar-refractivity contribution in [1.29, 1.82) is 5.26 Å². The van der Waals surface area contributed by atoms with E-state index in [1.54, 1.807) is 12.1 Å². The highest BCUT2D eigenvalue weighted by atomic mass is 19.1. The highest BCUT2D eigenvalue weighted by Crippen LogP contribution is 2.25. The van der Waals surface area contributed by atoms with Gasteiger partial charge in [0.1, 0.15) is 23.2 Å². The number of piperazine rings is 1. The van der Waals surface area contributed by atoms with Crippen LogP contribution in [0.2, 0.25) is 0 Å². The van der Waals surface area contributed by atoms with Gasteiger partial charge in [0.2, 0.25) is 11.8 Å². The zero-order chi connectivity index (χ0) is 22.3. The van der Waals surface area contributed by atoms with E-state index in [4.69, 9.17) is 9.15 Å². The summed E-state index contributed by atoms with van der Waals surface area (Å²) in [7, 11) is 0. The third-order valence-electron chi connectivity index (χ3n) is 5.51. The lowest BCUT2D eigenvalue weighted by atomic mass is 10.1. The summed E-state index contributed by atoms with van der Waals surface area (Å²) in [4.78, 5) is 4.26. The maximum absolute atomic E-state index is 13.9. The topological polar surface area (TPSA) is 78.4 Å². The number of anilines is 1. The van der Waals surface area contributed by atoms with Gasteiger partial charge in [0.05, 0.1) is 18.8 Å². The van der Waals surface area contributed by atoms with Crippen molar-refractivity contribution in [2.45, 2.75) is 26.3 Å². The first-order valence-electron chi connectivity index (χ1n) is 10.9. The second-order valence-electron chi connectivity index (χ2n) is 7.74. The molecule has 166 valence electrons. The van der Waals surface area contributed by atoms with Crippen molar-refractivity contribution >= 4 is 5.69 Å². The van der Waals surface area contributed by atoms with Gasteiger partial charge in [-0.1, -0.05) is 19.4 Å². The van der Waals surface area contributed by atoms with Crippen LogP contribution < -0.4 is 9.64 Å². The zero-order valence-corrected chi connectivity index (χ0v) is 18.1. The zero-order valence-electron chi connectivity index (χ0n) is 18.1. The normalized spacial score (nSPS) is 14.3. The van der Waals surface area contributed by atoms with Gasteiger partial charge in [-0.15, -0.1) is 10.2 Å². The fourth-order valence-corrected chi connectivity index (χ4v) is 3.69. The van der Waals surface area contributed by atoms with Gasteiger partial charge in [0, 0.05) is 31.7 Å². The van der Waals surface area contributed by atoms with Crippen molar-refractivity contribution in [3.05, 3.63) is 59.7 Å². The van der Waals surface area contributed by atoms with E-state index in [-0.39, 0.29) is 5.56 Å². The summed E-state index contributed by atoms with van der Waals surface area (Å²) < 4.78 is 25.5. The first kappa shape index (κ1) is 21.8. The van der Waals surface area contributed by atoms with E-state index >= 15 is 0 Å². The average molecular weight is 436 g/mol. The number of hydrogen-bond acceptors (Lipinski definition) is 7. The largest absolute Gasteiger partial charge is 0.494 e. The molecule has 32 heavy (non-hydrogen) atoms. The van der Waals surface area contributed by atoms with Crippen LogP contribution >= 0.6 is 0 Å². The molecular weight excluding hydrogens is 409 g/mol. The lowest BCUT2D eigenvalue weighted by Gasteiger charge is -2.35. The van der Waals surface area contributed by atoms with Gasteiger partial charge in [-0.05, 0) is 42.8 Å². The molecule has 0 atom stereocenters. The highest BCUT2D eigenvalue weighted by molar-refractivity contribution is 5.60. The first-order chi connectivity index (χ1) is 15.7. The Labute approximate surface area is 187 Å². The third kappa shape index (κ3) is 5.06. The number of halogens is 1. The van der Waals surface area contributed by atoms with Crippen LogP contribution in [0, 0.1) is 17.1 Å². The van der Waals surface area contributed by atoms with Crippen LogP contribution in [0.1, 0.15) is 31.2 Å². The Bertz CT molecular complexity index is 1070. The Morgan fingerprint density at radius 2 is 1.88 bits per heavy atom. The number of benzene rings is 2. The molecule has 0 amide bonds. The van der Waals surface area contributed by atoms with Gasteiger partial charge < -0.3 is 14.1 Å². The molecule has 7 nitrogen and oxygen atoms in total. The summed E-state index contributed by atoms with van der Waals surface area (Å²) in [5.74, 6) is 1.39. The minimum Gasteiger partial charge on any atom is -0.494 e. The smallest absolute Gasteiger partial charge is 0.247 e. The molecule has 0 unspecified atom stereocenters. The molecule has 0 saturated carbocycles. The van der Waals surface area contributed by atoms with E-state index in [0.29, 0.717) is 43.7 Å². The lowest BCUT2D eigenvalue weighted by Crippen LogP contribution is -2.46. The summed E-state index contributed by atoms with van der Waals surface area (Å²) in [6.07, 6.45) is 2.13. The lowest BCUT2D eigenvalue weighted by molar-refractivity contribution is 0.227. The molecule has 0 aliphatic carbocycles. The van der Waals surface area contributed by atoms with Gasteiger partial charge in [-0.2, -0.15) is 5.26 Å². The molecule has 1 aliphatic heterocycles. The Balaban J connectivity index is 1.32. The number of aromatic nitrogens is 2. The summed E-state index contributed by atoms with van der Waals surface area (Å²) in [6, 6.07) is 14.4. The SMILES string of the molecule is CCCCOc1ccc(-c2nnc(CN3CCN(c4cccc(F)c4C#N)CC3)o2)cc1. The minimum absolute atomic E-state index is 0.101. The van der Waals surface area contributed by atoms with E-state index in [1.807, 2.05) is 35.2 Å². The minimum atomic E-state index is -0.480. The third-order valence-corrected chi connectivity index (χ3v) is 5.51. The molecule has 8 heteroatoms. The molecule has 1 fully saturated rings.